The first-order valence-electron chi connectivity index (χ1n) is 10.0. The Bertz CT molecular complexity index is 843. The molecular formula is C23H27NO4S. The highest BCUT2D eigenvalue weighted by atomic mass is 32.1. The average molecular weight is 414 g/mol. The van der Waals surface area contributed by atoms with Gasteiger partial charge in [-0.2, -0.15) is 0 Å². The molecule has 5 nitrogen and oxygen atoms in total. The summed E-state index contributed by atoms with van der Waals surface area (Å²) in [5.41, 5.74) is 1.67. The number of amides is 1. The van der Waals surface area contributed by atoms with Crippen LogP contribution in [0.2, 0.25) is 0 Å². The van der Waals surface area contributed by atoms with Crippen LogP contribution in [-0.4, -0.2) is 29.9 Å². The number of aliphatic hydroxyl groups excluding tert-OH is 1. The predicted octanol–water partition coefficient (Wildman–Crippen LogP) is 4.66. The molecule has 154 valence electrons. The Kier molecular flexibility index (Phi) is 7.75. The fourth-order valence-corrected chi connectivity index (χ4v) is 4.16. The Hall–Kier alpha value is -2.28. The molecule has 1 aromatic heterocycles. The Morgan fingerprint density at radius 1 is 1.21 bits per heavy atom. The third-order valence-corrected chi connectivity index (χ3v) is 5.98. The van der Waals surface area contributed by atoms with Crippen LogP contribution in [0.4, 0.5) is 5.69 Å². The van der Waals surface area contributed by atoms with Gasteiger partial charge in [-0.15, -0.1) is 11.3 Å². The highest BCUT2D eigenvalue weighted by Gasteiger charge is 2.27. The quantitative estimate of drug-likeness (QED) is 0.430. The third-order valence-electron chi connectivity index (χ3n) is 5.00. The van der Waals surface area contributed by atoms with Gasteiger partial charge in [0.05, 0.1) is 30.2 Å². The molecule has 1 unspecified atom stereocenters. The topological polar surface area (TPSA) is 66.8 Å². The molecule has 3 rings (SSSR count). The lowest BCUT2D eigenvalue weighted by Gasteiger charge is -2.25. The molecule has 2 heterocycles. The molecule has 0 saturated heterocycles. The van der Waals surface area contributed by atoms with Crippen molar-refractivity contribution >= 4 is 29.2 Å². The first-order chi connectivity index (χ1) is 14.1. The smallest absolute Gasteiger partial charge is 0.251 e. The fraction of sp³-hybridized carbons (Fsp3) is 0.391. The minimum Gasteiger partial charge on any atom is -0.388 e. The summed E-state index contributed by atoms with van der Waals surface area (Å²) in [5, 5.41) is 10.3. The number of nitrogens with zero attached hydrogens (tertiary/aromatic N) is 1. The Balaban J connectivity index is 1.57. The number of carbonyl (C=O) groups is 2. The zero-order valence-electron chi connectivity index (χ0n) is 16.6. The summed E-state index contributed by atoms with van der Waals surface area (Å²) in [6.45, 7) is 2.93. The molecule has 0 radical (unpaired) electrons. The maximum absolute atomic E-state index is 12.4. The second-order valence-electron chi connectivity index (χ2n) is 7.17. The van der Waals surface area contributed by atoms with Crippen molar-refractivity contribution in [3.63, 3.8) is 0 Å². The van der Waals surface area contributed by atoms with Crippen molar-refractivity contribution < 1.29 is 19.4 Å². The van der Waals surface area contributed by atoms with E-state index in [1.165, 1.54) is 11.3 Å². The molecule has 2 atom stereocenters. The van der Waals surface area contributed by atoms with Crippen LogP contribution in [0.25, 0.3) is 0 Å². The van der Waals surface area contributed by atoms with E-state index in [9.17, 15) is 14.7 Å². The number of carbonyl (C=O) groups excluding carboxylic acids is 2. The molecule has 6 heteroatoms. The van der Waals surface area contributed by atoms with E-state index in [2.05, 4.69) is 6.92 Å². The summed E-state index contributed by atoms with van der Waals surface area (Å²) in [4.78, 5) is 26.5. The summed E-state index contributed by atoms with van der Waals surface area (Å²) >= 11 is 1.41. The van der Waals surface area contributed by atoms with Crippen LogP contribution < -0.4 is 4.90 Å². The lowest BCUT2D eigenvalue weighted by molar-refractivity contribution is -0.114. The maximum atomic E-state index is 12.4. The second-order valence-corrected chi connectivity index (χ2v) is 8.37. The minimum absolute atomic E-state index is 0.0748. The van der Waals surface area contributed by atoms with Crippen molar-refractivity contribution in [2.24, 2.45) is 0 Å². The van der Waals surface area contributed by atoms with Gasteiger partial charge in [0.2, 0.25) is 0 Å². The first-order valence-corrected chi connectivity index (χ1v) is 10.8. The molecular weight excluding hydrogens is 386 g/mol. The van der Waals surface area contributed by atoms with E-state index in [0.717, 1.165) is 48.1 Å². The van der Waals surface area contributed by atoms with Gasteiger partial charge in [0.25, 0.3) is 5.91 Å². The van der Waals surface area contributed by atoms with Crippen molar-refractivity contribution in [1.29, 1.82) is 0 Å². The molecule has 0 aliphatic carbocycles. The fourth-order valence-electron chi connectivity index (χ4n) is 3.40. The van der Waals surface area contributed by atoms with Gasteiger partial charge < -0.3 is 9.84 Å². The van der Waals surface area contributed by atoms with Gasteiger partial charge in [0.1, 0.15) is 0 Å². The summed E-state index contributed by atoms with van der Waals surface area (Å²) in [6.07, 6.45) is 7.78. The number of hydrogen-bond donors (Lipinski definition) is 1. The maximum Gasteiger partial charge on any atom is 0.251 e. The van der Waals surface area contributed by atoms with Crippen molar-refractivity contribution in [2.75, 3.05) is 11.5 Å². The predicted molar refractivity (Wildman–Crippen MR) is 115 cm³/mol. The van der Waals surface area contributed by atoms with Crippen molar-refractivity contribution in [3.8, 4) is 0 Å². The molecule has 0 spiro atoms. The molecule has 1 aromatic carbocycles. The summed E-state index contributed by atoms with van der Waals surface area (Å²) in [7, 11) is 0. The van der Waals surface area contributed by atoms with Crippen LogP contribution in [0.3, 0.4) is 0 Å². The normalized spacial score (nSPS) is 17.1. The van der Waals surface area contributed by atoms with E-state index in [4.69, 9.17) is 4.74 Å². The lowest BCUT2D eigenvalue weighted by atomic mass is 10.0. The van der Waals surface area contributed by atoms with Crippen LogP contribution in [0.5, 0.6) is 0 Å². The van der Waals surface area contributed by atoms with Crippen LogP contribution in [0, 0.1) is 0 Å². The van der Waals surface area contributed by atoms with E-state index in [0.29, 0.717) is 18.1 Å². The zero-order valence-corrected chi connectivity index (χ0v) is 17.4. The number of anilines is 1. The molecule has 0 saturated carbocycles. The summed E-state index contributed by atoms with van der Waals surface area (Å²) in [5.74, 6) is -0.0748. The van der Waals surface area contributed by atoms with E-state index in [1.807, 2.05) is 36.4 Å². The van der Waals surface area contributed by atoms with Crippen molar-refractivity contribution in [2.45, 2.75) is 51.4 Å². The number of aliphatic hydroxyl groups is 1. The Morgan fingerprint density at radius 3 is 2.69 bits per heavy atom. The summed E-state index contributed by atoms with van der Waals surface area (Å²) in [6, 6.07) is 11.0. The Labute approximate surface area is 175 Å². The second kappa shape index (κ2) is 10.5. The van der Waals surface area contributed by atoms with Gasteiger partial charge in [0, 0.05) is 16.6 Å². The van der Waals surface area contributed by atoms with Crippen LogP contribution in [-0.2, 0) is 16.1 Å². The van der Waals surface area contributed by atoms with Crippen LogP contribution in [0.15, 0.2) is 48.6 Å². The highest BCUT2D eigenvalue weighted by molar-refractivity contribution is 7.13. The van der Waals surface area contributed by atoms with Gasteiger partial charge in [-0.05, 0) is 36.2 Å². The van der Waals surface area contributed by atoms with E-state index < -0.39 is 6.10 Å². The van der Waals surface area contributed by atoms with E-state index in [-0.39, 0.29) is 11.9 Å². The standard InChI is InChI=1S/C23H27NO4S/c1-2-3-4-5-22(26)17-6-8-18(9-7-17)24-19(10-13-23(24)27)15-28-16-21-12-11-20(14-25)29-21/h6-14,19,22,26H,2-5,15-16H2,1H3/t19-,22?/m1/s1. The molecule has 29 heavy (non-hydrogen) atoms. The molecule has 1 aliphatic heterocycles. The van der Waals surface area contributed by atoms with E-state index >= 15 is 0 Å². The molecule has 0 bridgehead atoms. The molecule has 1 N–H and O–H groups in total. The highest BCUT2D eigenvalue weighted by Crippen LogP contribution is 2.27. The van der Waals surface area contributed by atoms with Gasteiger partial charge in [-0.25, -0.2) is 0 Å². The zero-order chi connectivity index (χ0) is 20.6. The molecule has 1 amide bonds. The SMILES string of the molecule is CCCCCC(O)c1ccc(N2C(=O)C=C[C@@H]2COCc2ccc(C=O)s2)cc1. The van der Waals surface area contributed by atoms with Gasteiger partial charge in [-0.3, -0.25) is 14.5 Å². The number of hydrogen-bond acceptors (Lipinski definition) is 5. The number of rotatable bonds is 11. The largest absolute Gasteiger partial charge is 0.388 e. The minimum atomic E-state index is -0.468. The van der Waals surface area contributed by atoms with Crippen molar-refractivity contribution in [3.05, 3.63) is 63.9 Å². The number of aldehydes is 1. The van der Waals surface area contributed by atoms with Gasteiger partial charge >= 0.3 is 0 Å². The number of thiophene rings is 1. The molecule has 0 fully saturated rings. The summed E-state index contributed by atoms with van der Waals surface area (Å²) < 4.78 is 5.79. The molecule has 1 aliphatic rings. The number of ether oxygens (including phenoxy) is 1. The van der Waals surface area contributed by atoms with Crippen molar-refractivity contribution in [1.82, 2.24) is 0 Å². The van der Waals surface area contributed by atoms with Crippen LogP contribution in [0.1, 0.15) is 58.8 Å². The monoisotopic (exact) mass is 413 g/mol. The number of benzene rings is 1. The average Bonchev–Trinajstić information content (AvgIpc) is 3.35. The Morgan fingerprint density at radius 2 is 2.00 bits per heavy atom. The van der Waals surface area contributed by atoms with E-state index in [1.54, 1.807) is 17.0 Å². The lowest BCUT2D eigenvalue weighted by Crippen LogP contribution is -2.36. The molecule has 2 aromatic rings. The van der Waals surface area contributed by atoms with Gasteiger partial charge in [0.15, 0.2) is 6.29 Å². The number of unbranched alkanes of at least 4 members (excludes halogenated alkanes) is 2. The first kappa shape index (κ1) is 21.4. The third kappa shape index (κ3) is 5.63. The van der Waals surface area contributed by atoms with Gasteiger partial charge in [-0.1, -0.05) is 44.4 Å². The van der Waals surface area contributed by atoms with Crippen LogP contribution >= 0.6 is 11.3 Å².